The summed E-state index contributed by atoms with van der Waals surface area (Å²) in [6, 6.07) is 6.54. The fourth-order valence-corrected chi connectivity index (χ4v) is 1.36. The second-order valence-electron chi connectivity index (χ2n) is 3.91. The Morgan fingerprint density at radius 2 is 1.82 bits per heavy atom. The number of hydrogen-bond donors (Lipinski definition) is 2. The lowest BCUT2D eigenvalue weighted by Gasteiger charge is -2.09. The molecule has 0 fully saturated rings. The molecule has 0 aliphatic rings. The van der Waals surface area contributed by atoms with Gasteiger partial charge in [-0.2, -0.15) is 0 Å². The Kier molecular flexibility index (Phi) is 4.97. The van der Waals surface area contributed by atoms with Crippen LogP contribution in [0.1, 0.15) is 24.2 Å². The lowest BCUT2D eigenvalue weighted by Crippen LogP contribution is -2.39. The van der Waals surface area contributed by atoms with Gasteiger partial charge < -0.3 is 10.6 Å². The van der Waals surface area contributed by atoms with Crippen molar-refractivity contribution in [3.05, 3.63) is 34.9 Å². The molecule has 0 unspecified atom stereocenters. The van der Waals surface area contributed by atoms with Crippen LogP contribution in [0.3, 0.4) is 0 Å². The average Bonchev–Trinajstić information content (AvgIpc) is 2.26. The topological polar surface area (TPSA) is 58.2 Å². The molecule has 0 heterocycles. The van der Waals surface area contributed by atoms with Crippen molar-refractivity contribution in [2.24, 2.45) is 0 Å². The van der Waals surface area contributed by atoms with Gasteiger partial charge in [0.2, 0.25) is 5.91 Å². The Labute approximate surface area is 105 Å². The molecule has 1 rings (SSSR count). The molecular formula is C12H15ClN2O2. The first kappa shape index (κ1) is 13.5. The molecule has 2 N–H and O–H groups in total. The second-order valence-corrected chi connectivity index (χ2v) is 4.35. The van der Waals surface area contributed by atoms with Crippen LogP contribution in [-0.4, -0.2) is 24.4 Å². The van der Waals surface area contributed by atoms with Gasteiger partial charge in [-0.25, -0.2) is 0 Å². The molecule has 0 saturated heterocycles. The van der Waals surface area contributed by atoms with Gasteiger partial charge in [0.1, 0.15) is 0 Å². The number of nitrogens with one attached hydrogen (secondary N) is 2. The molecule has 92 valence electrons. The first-order valence-electron chi connectivity index (χ1n) is 5.32. The summed E-state index contributed by atoms with van der Waals surface area (Å²) in [6.07, 6.45) is 0. The number of hydrogen-bond acceptors (Lipinski definition) is 2. The van der Waals surface area contributed by atoms with Gasteiger partial charge >= 0.3 is 0 Å². The van der Waals surface area contributed by atoms with Crippen molar-refractivity contribution >= 4 is 23.4 Å². The maximum absolute atomic E-state index is 11.6. The minimum absolute atomic E-state index is 0.0281. The van der Waals surface area contributed by atoms with Crippen LogP contribution in [0.15, 0.2) is 24.3 Å². The molecule has 1 aromatic rings. The summed E-state index contributed by atoms with van der Waals surface area (Å²) in [5, 5.41) is 5.78. The molecule has 0 saturated carbocycles. The molecule has 4 nitrogen and oxygen atoms in total. The third-order valence-electron chi connectivity index (χ3n) is 1.97. The highest BCUT2D eigenvalue weighted by atomic mass is 35.5. The van der Waals surface area contributed by atoms with E-state index in [1.165, 1.54) is 0 Å². The van der Waals surface area contributed by atoms with Crippen LogP contribution in [0.5, 0.6) is 0 Å². The maximum atomic E-state index is 11.6. The first-order chi connectivity index (χ1) is 7.99. The average molecular weight is 255 g/mol. The van der Waals surface area contributed by atoms with Gasteiger partial charge in [0.05, 0.1) is 6.54 Å². The van der Waals surface area contributed by atoms with Crippen molar-refractivity contribution in [1.82, 2.24) is 10.6 Å². The quantitative estimate of drug-likeness (QED) is 0.857. The van der Waals surface area contributed by atoms with Crippen LogP contribution in [0.2, 0.25) is 5.02 Å². The highest BCUT2D eigenvalue weighted by Gasteiger charge is 2.08. The van der Waals surface area contributed by atoms with E-state index in [1.807, 2.05) is 13.8 Å². The number of benzene rings is 1. The zero-order valence-electron chi connectivity index (χ0n) is 9.79. The molecule has 0 aliphatic heterocycles. The molecule has 5 heteroatoms. The van der Waals surface area contributed by atoms with Crippen LogP contribution < -0.4 is 10.6 Å². The predicted molar refractivity (Wildman–Crippen MR) is 67.1 cm³/mol. The summed E-state index contributed by atoms with van der Waals surface area (Å²) in [7, 11) is 0. The highest BCUT2D eigenvalue weighted by Crippen LogP contribution is 2.09. The van der Waals surface area contributed by atoms with Crippen molar-refractivity contribution < 1.29 is 9.59 Å². The van der Waals surface area contributed by atoms with E-state index >= 15 is 0 Å². The molecule has 2 amide bonds. The third-order valence-corrected chi connectivity index (χ3v) is 2.22. The van der Waals surface area contributed by atoms with Gasteiger partial charge in [-0.3, -0.25) is 9.59 Å². The molecule has 0 spiro atoms. The van der Waals surface area contributed by atoms with Crippen molar-refractivity contribution in [1.29, 1.82) is 0 Å². The monoisotopic (exact) mass is 254 g/mol. The van der Waals surface area contributed by atoms with E-state index in [1.54, 1.807) is 24.3 Å². The van der Waals surface area contributed by atoms with E-state index in [0.717, 1.165) is 0 Å². The zero-order chi connectivity index (χ0) is 12.8. The van der Waals surface area contributed by atoms with Gasteiger partial charge in [-0.15, -0.1) is 0 Å². The van der Waals surface area contributed by atoms with Gasteiger partial charge in [0.25, 0.3) is 5.91 Å². The molecule has 0 aromatic heterocycles. The molecule has 0 atom stereocenters. The van der Waals surface area contributed by atoms with Crippen LogP contribution in [0.25, 0.3) is 0 Å². The zero-order valence-corrected chi connectivity index (χ0v) is 10.5. The van der Waals surface area contributed by atoms with Crippen molar-refractivity contribution in [2.45, 2.75) is 19.9 Å². The normalized spacial score (nSPS) is 10.1. The van der Waals surface area contributed by atoms with E-state index in [-0.39, 0.29) is 24.4 Å². The van der Waals surface area contributed by atoms with Crippen LogP contribution in [-0.2, 0) is 4.79 Å². The smallest absolute Gasteiger partial charge is 0.251 e. The largest absolute Gasteiger partial charge is 0.352 e. The Morgan fingerprint density at radius 1 is 1.24 bits per heavy atom. The summed E-state index contributed by atoms with van der Waals surface area (Å²) in [5.74, 6) is -0.497. The minimum Gasteiger partial charge on any atom is -0.352 e. The van der Waals surface area contributed by atoms with E-state index in [0.29, 0.717) is 10.6 Å². The molecule has 0 bridgehead atoms. The fraction of sp³-hybridized carbons (Fsp3) is 0.333. The second kappa shape index (κ2) is 6.25. The number of halogens is 1. The van der Waals surface area contributed by atoms with E-state index in [4.69, 9.17) is 11.6 Å². The standard InChI is InChI=1S/C12H15ClN2O2/c1-8(2)15-11(16)7-14-12(17)9-3-5-10(13)6-4-9/h3-6,8H,7H2,1-2H3,(H,14,17)(H,15,16). The Hall–Kier alpha value is -1.55. The first-order valence-corrected chi connectivity index (χ1v) is 5.70. The molecule has 0 aliphatic carbocycles. The summed E-state index contributed by atoms with van der Waals surface area (Å²) in [5.41, 5.74) is 0.478. The van der Waals surface area contributed by atoms with Gasteiger partial charge in [0.15, 0.2) is 0 Å². The van der Waals surface area contributed by atoms with Gasteiger partial charge in [-0.1, -0.05) is 11.6 Å². The van der Waals surface area contributed by atoms with Crippen molar-refractivity contribution in [2.75, 3.05) is 6.54 Å². The number of rotatable bonds is 4. The Morgan fingerprint density at radius 3 is 2.35 bits per heavy atom. The lowest BCUT2D eigenvalue weighted by atomic mass is 10.2. The highest BCUT2D eigenvalue weighted by molar-refractivity contribution is 6.30. The van der Waals surface area contributed by atoms with E-state index in [2.05, 4.69) is 10.6 Å². The van der Waals surface area contributed by atoms with Crippen LogP contribution >= 0.6 is 11.6 Å². The maximum Gasteiger partial charge on any atom is 0.251 e. The molecule has 17 heavy (non-hydrogen) atoms. The molecule has 0 radical (unpaired) electrons. The molecular weight excluding hydrogens is 240 g/mol. The summed E-state index contributed by atoms with van der Waals surface area (Å²) < 4.78 is 0. The van der Waals surface area contributed by atoms with Gasteiger partial charge in [0, 0.05) is 16.6 Å². The van der Waals surface area contributed by atoms with E-state index in [9.17, 15) is 9.59 Å². The summed E-state index contributed by atoms with van der Waals surface area (Å²) >= 11 is 5.71. The van der Waals surface area contributed by atoms with E-state index < -0.39 is 0 Å². The van der Waals surface area contributed by atoms with Crippen molar-refractivity contribution in [3.8, 4) is 0 Å². The predicted octanol–water partition coefficient (Wildman–Crippen LogP) is 1.59. The molecule has 1 aromatic carbocycles. The fourth-order valence-electron chi connectivity index (χ4n) is 1.24. The number of amides is 2. The Bertz CT molecular complexity index is 401. The van der Waals surface area contributed by atoms with Gasteiger partial charge in [-0.05, 0) is 38.1 Å². The summed E-state index contributed by atoms with van der Waals surface area (Å²) in [6.45, 7) is 3.69. The number of carbonyl (C=O) groups excluding carboxylic acids is 2. The summed E-state index contributed by atoms with van der Waals surface area (Å²) in [4.78, 5) is 22.9. The van der Waals surface area contributed by atoms with Crippen LogP contribution in [0.4, 0.5) is 0 Å². The van der Waals surface area contributed by atoms with Crippen molar-refractivity contribution in [3.63, 3.8) is 0 Å². The Balaban J connectivity index is 2.45. The minimum atomic E-state index is -0.291. The van der Waals surface area contributed by atoms with Crippen LogP contribution in [0, 0.1) is 0 Å². The third kappa shape index (κ3) is 4.87. The lowest BCUT2D eigenvalue weighted by molar-refractivity contribution is -0.120. The number of carbonyl (C=O) groups is 2. The SMILES string of the molecule is CC(C)NC(=O)CNC(=O)c1ccc(Cl)cc1.